The van der Waals surface area contributed by atoms with Gasteiger partial charge in [-0.05, 0) is 55.7 Å². The Labute approximate surface area is 169 Å². The summed E-state index contributed by atoms with van der Waals surface area (Å²) >= 11 is 0. The lowest BCUT2D eigenvalue weighted by molar-refractivity contribution is 0.0963. The van der Waals surface area contributed by atoms with E-state index in [-0.39, 0.29) is 0 Å². The molecule has 152 valence electrons. The van der Waals surface area contributed by atoms with E-state index in [2.05, 4.69) is 15.2 Å². The molecule has 1 aromatic heterocycles. The van der Waals surface area contributed by atoms with Gasteiger partial charge in [0.15, 0.2) is 5.66 Å². The summed E-state index contributed by atoms with van der Waals surface area (Å²) < 4.78 is 27.2. The van der Waals surface area contributed by atoms with Gasteiger partial charge < -0.3 is 11.1 Å². The van der Waals surface area contributed by atoms with Crippen LogP contribution in [-0.4, -0.2) is 34.5 Å². The number of benzene rings is 1. The van der Waals surface area contributed by atoms with E-state index in [4.69, 9.17) is 10.7 Å². The molecule has 0 spiro atoms. The van der Waals surface area contributed by atoms with E-state index in [9.17, 15) is 8.78 Å². The molecule has 7 heteroatoms. The molecule has 1 saturated heterocycles. The van der Waals surface area contributed by atoms with Crippen molar-refractivity contribution in [1.29, 1.82) is 0 Å². The molecular weight excluding hydrogens is 372 g/mol. The molecule has 5 nitrogen and oxygen atoms in total. The van der Waals surface area contributed by atoms with E-state index in [1.807, 2.05) is 12.3 Å². The molecular formula is C22H25F2N5. The normalized spacial score (nSPS) is 25.2. The fraction of sp³-hybridized carbons (Fsp3) is 0.455. The summed E-state index contributed by atoms with van der Waals surface area (Å²) in [4.78, 5) is 11.4. The maximum absolute atomic E-state index is 14.0. The monoisotopic (exact) mass is 397 g/mol. The lowest BCUT2D eigenvalue weighted by Crippen LogP contribution is -2.66. The number of nitrogens with one attached hydrogen (secondary N) is 1. The smallest absolute Gasteiger partial charge is 0.153 e. The van der Waals surface area contributed by atoms with Crippen molar-refractivity contribution in [1.82, 2.24) is 9.88 Å². The SMILES string of the molecule is NC1=Nc2ccncc2NC1(C1CC1)N1CCC(Cc2ccc(F)cc2F)CC1. The van der Waals surface area contributed by atoms with Crippen molar-refractivity contribution < 1.29 is 8.78 Å². The predicted octanol–water partition coefficient (Wildman–Crippen LogP) is 3.84. The number of likely N-dealkylation sites (tertiary alicyclic amines) is 1. The molecule has 1 aliphatic carbocycles. The third-order valence-electron chi connectivity index (χ3n) is 6.56. The Hall–Kier alpha value is -2.54. The molecule has 1 atom stereocenters. The lowest BCUT2D eigenvalue weighted by atomic mass is 9.87. The number of hydrogen-bond donors (Lipinski definition) is 2. The van der Waals surface area contributed by atoms with Gasteiger partial charge in [-0.1, -0.05) is 6.07 Å². The number of piperidine rings is 1. The van der Waals surface area contributed by atoms with Gasteiger partial charge in [-0.3, -0.25) is 9.88 Å². The van der Waals surface area contributed by atoms with E-state index in [1.165, 1.54) is 6.07 Å². The number of rotatable bonds is 4. The number of nitrogens with zero attached hydrogens (tertiary/aromatic N) is 3. The van der Waals surface area contributed by atoms with E-state index in [0.29, 0.717) is 29.7 Å². The average molecular weight is 397 g/mol. The lowest BCUT2D eigenvalue weighted by Gasteiger charge is -2.49. The minimum atomic E-state index is -0.527. The van der Waals surface area contributed by atoms with E-state index in [1.54, 1.807) is 12.3 Å². The van der Waals surface area contributed by atoms with E-state index >= 15 is 0 Å². The Morgan fingerprint density at radius 2 is 1.93 bits per heavy atom. The highest BCUT2D eigenvalue weighted by Crippen LogP contribution is 2.48. The van der Waals surface area contributed by atoms with Gasteiger partial charge in [0.1, 0.15) is 17.5 Å². The van der Waals surface area contributed by atoms with Crippen molar-refractivity contribution in [2.45, 2.75) is 37.8 Å². The number of fused-ring (bicyclic) bond motifs is 1. The summed E-state index contributed by atoms with van der Waals surface area (Å²) in [5.74, 6) is 0.460. The maximum Gasteiger partial charge on any atom is 0.153 e. The molecule has 2 aliphatic heterocycles. The van der Waals surface area contributed by atoms with Crippen LogP contribution in [0.3, 0.4) is 0 Å². The first-order valence-corrected chi connectivity index (χ1v) is 10.3. The first-order chi connectivity index (χ1) is 14.1. The van der Waals surface area contributed by atoms with Crippen molar-refractivity contribution in [3.05, 3.63) is 53.9 Å². The molecule has 2 aromatic rings. The van der Waals surface area contributed by atoms with Gasteiger partial charge in [-0.25, -0.2) is 13.8 Å². The van der Waals surface area contributed by atoms with Crippen LogP contribution in [0.4, 0.5) is 20.2 Å². The van der Waals surface area contributed by atoms with Gasteiger partial charge in [-0.2, -0.15) is 0 Å². The largest absolute Gasteiger partial charge is 0.384 e. The second-order valence-corrected chi connectivity index (χ2v) is 8.43. The number of aromatic nitrogens is 1. The summed E-state index contributed by atoms with van der Waals surface area (Å²) in [5, 5.41) is 3.68. The molecule has 2 fully saturated rings. The highest BCUT2D eigenvalue weighted by molar-refractivity contribution is 5.99. The molecule has 3 N–H and O–H groups in total. The highest BCUT2D eigenvalue weighted by Gasteiger charge is 2.54. The minimum Gasteiger partial charge on any atom is -0.384 e. The number of anilines is 1. The third kappa shape index (κ3) is 3.27. The molecule has 3 heterocycles. The third-order valence-corrected chi connectivity index (χ3v) is 6.56. The zero-order valence-electron chi connectivity index (χ0n) is 16.2. The van der Waals surface area contributed by atoms with Gasteiger partial charge in [0.25, 0.3) is 0 Å². The van der Waals surface area contributed by atoms with Gasteiger partial charge >= 0.3 is 0 Å². The van der Waals surface area contributed by atoms with Crippen LogP contribution in [0.5, 0.6) is 0 Å². The molecule has 1 aromatic carbocycles. The average Bonchev–Trinajstić information content (AvgIpc) is 3.56. The van der Waals surface area contributed by atoms with Crippen LogP contribution in [0.25, 0.3) is 0 Å². The van der Waals surface area contributed by atoms with Crippen LogP contribution in [0.1, 0.15) is 31.2 Å². The van der Waals surface area contributed by atoms with Crippen molar-refractivity contribution in [2.75, 3.05) is 18.4 Å². The van der Waals surface area contributed by atoms with Gasteiger partial charge in [0, 0.05) is 31.3 Å². The Morgan fingerprint density at radius 1 is 1.14 bits per heavy atom. The Kier molecular flexibility index (Phi) is 4.50. The minimum absolute atomic E-state index is 0.373. The van der Waals surface area contributed by atoms with Crippen molar-refractivity contribution >= 4 is 17.2 Å². The van der Waals surface area contributed by atoms with Crippen LogP contribution in [0.2, 0.25) is 0 Å². The van der Waals surface area contributed by atoms with Crippen LogP contribution in [-0.2, 0) is 6.42 Å². The quantitative estimate of drug-likeness (QED) is 0.823. The number of nitrogens with two attached hydrogens (primary N) is 1. The standard InChI is InChI=1S/C22H25F2N5/c23-17-4-1-15(18(24)12-17)11-14-6-9-29(10-7-14)22(16-2-3-16)21(25)27-19-5-8-26-13-20(19)28-22/h1,4-5,8,12-14,16,28H,2-3,6-7,9-11H2,(H2,25,27). The first-order valence-electron chi connectivity index (χ1n) is 10.3. The molecule has 0 bridgehead atoms. The fourth-order valence-corrected chi connectivity index (χ4v) is 4.86. The predicted molar refractivity (Wildman–Crippen MR) is 109 cm³/mol. The van der Waals surface area contributed by atoms with Crippen LogP contribution in [0, 0.1) is 23.5 Å². The molecule has 1 saturated carbocycles. The maximum atomic E-state index is 14.0. The van der Waals surface area contributed by atoms with Crippen LogP contribution < -0.4 is 11.1 Å². The Bertz CT molecular complexity index is 950. The van der Waals surface area contributed by atoms with Gasteiger partial charge in [0.05, 0.1) is 17.6 Å². The highest BCUT2D eigenvalue weighted by atomic mass is 19.1. The number of pyridine rings is 1. The molecule has 0 amide bonds. The fourth-order valence-electron chi connectivity index (χ4n) is 4.86. The van der Waals surface area contributed by atoms with Crippen molar-refractivity contribution in [3.8, 4) is 0 Å². The number of hydrogen-bond acceptors (Lipinski definition) is 5. The Balaban J connectivity index is 1.33. The second-order valence-electron chi connectivity index (χ2n) is 8.43. The van der Waals surface area contributed by atoms with Crippen molar-refractivity contribution in [3.63, 3.8) is 0 Å². The molecule has 5 rings (SSSR count). The Morgan fingerprint density at radius 3 is 2.66 bits per heavy atom. The van der Waals surface area contributed by atoms with Crippen LogP contribution in [0.15, 0.2) is 41.7 Å². The van der Waals surface area contributed by atoms with E-state index < -0.39 is 17.3 Å². The summed E-state index contributed by atoms with van der Waals surface area (Å²) in [5.41, 5.74) is 8.42. The van der Waals surface area contributed by atoms with Gasteiger partial charge in [-0.15, -0.1) is 0 Å². The molecule has 3 aliphatic rings. The summed E-state index contributed by atoms with van der Waals surface area (Å²) in [6.07, 6.45) is 8.31. The van der Waals surface area contributed by atoms with Crippen LogP contribution >= 0.6 is 0 Å². The second kappa shape index (κ2) is 7.06. The topological polar surface area (TPSA) is 66.5 Å². The van der Waals surface area contributed by atoms with E-state index in [0.717, 1.165) is 56.2 Å². The summed E-state index contributed by atoms with van der Waals surface area (Å²) in [6.45, 7) is 1.73. The molecule has 0 radical (unpaired) electrons. The van der Waals surface area contributed by atoms with Gasteiger partial charge in [0.2, 0.25) is 0 Å². The number of halogens is 2. The number of aliphatic imine (C=N–C) groups is 1. The number of amidine groups is 1. The molecule has 1 unspecified atom stereocenters. The summed E-state index contributed by atoms with van der Waals surface area (Å²) in [7, 11) is 0. The van der Waals surface area contributed by atoms with Crippen molar-refractivity contribution in [2.24, 2.45) is 22.6 Å². The zero-order chi connectivity index (χ0) is 20.0. The first kappa shape index (κ1) is 18.5. The molecule has 29 heavy (non-hydrogen) atoms. The summed E-state index contributed by atoms with van der Waals surface area (Å²) in [6, 6.07) is 5.75. The zero-order valence-corrected chi connectivity index (χ0v) is 16.2.